The van der Waals surface area contributed by atoms with E-state index in [1.54, 1.807) is 17.0 Å². The lowest BCUT2D eigenvalue weighted by atomic mass is 10.0. The molecular formula is C17H18N6O3. The second-order valence-corrected chi connectivity index (χ2v) is 6.35. The van der Waals surface area contributed by atoms with Crippen LogP contribution in [0, 0.1) is 13.8 Å². The molecule has 3 aromatic rings. The molecule has 0 spiro atoms. The Kier molecular flexibility index (Phi) is 3.90. The van der Waals surface area contributed by atoms with Crippen molar-refractivity contribution in [1.29, 1.82) is 0 Å². The van der Waals surface area contributed by atoms with Gasteiger partial charge in [0.05, 0.1) is 23.0 Å². The van der Waals surface area contributed by atoms with Gasteiger partial charge in [0.25, 0.3) is 5.91 Å². The number of aromatic hydroxyl groups is 1. The number of tetrazole rings is 1. The first-order chi connectivity index (χ1) is 12.6. The molecule has 2 aromatic heterocycles. The molecule has 1 unspecified atom stereocenters. The van der Waals surface area contributed by atoms with Gasteiger partial charge in [0.1, 0.15) is 17.8 Å². The zero-order valence-electron chi connectivity index (χ0n) is 14.5. The zero-order chi connectivity index (χ0) is 18.3. The second kappa shape index (κ2) is 6.25. The summed E-state index contributed by atoms with van der Waals surface area (Å²) < 4.78 is 6.71. The molecule has 0 aliphatic carbocycles. The van der Waals surface area contributed by atoms with Crippen LogP contribution < -0.4 is 0 Å². The van der Waals surface area contributed by atoms with E-state index in [4.69, 9.17) is 4.52 Å². The van der Waals surface area contributed by atoms with Crippen molar-refractivity contribution in [2.45, 2.75) is 32.7 Å². The topological polar surface area (TPSA) is 110 Å². The molecule has 1 fully saturated rings. The van der Waals surface area contributed by atoms with Gasteiger partial charge < -0.3 is 14.5 Å². The number of aryl methyl sites for hydroxylation is 2. The third-order valence-electron chi connectivity index (χ3n) is 4.76. The van der Waals surface area contributed by atoms with Crippen LogP contribution in [0.4, 0.5) is 0 Å². The summed E-state index contributed by atoms with van der Waals surface area (Å²) in [4.78, 5) is 14.9. The van der Waals surface area contributed by atoms with Crippen LogP contribution in [0.1, 0.15) is 46.3 Å². The number of benzene rings is 1. The first-order valence-corrected chi connectivity index (χ1v) is 8.36. The average Bonchev–Trinajstić information content (AvgIpc) is 3.36. The molecule has 1 aliphatic heterocycles. The number of carbonyl (C=O) groups excluding carboxylic acids is 1. The highest BCUT2D eigenvalue weighted by molar-refractivity contribution is 5.97. The number of phenolic OH excluding ortho intramolecular Hbond substituents is 1. The van der Waals surface area contributed by atoms with Crippen LogP contribution in [0.15, 0.2) is 29.0 Å². The number of aromatic nitrogens is 5. The van der Waals surface area contributed by atoms with E-state index in [9.17, 15) is 9.90 Å². The van der Waals surface area contributed by atoms with Gasteiger partial charge >= 0.3 is 0 Å². The lowest BCUT2D eigenvalue weighted by Gasteiger charge is -2.25. The third-order valence-corrected chi connectivity index (χ3v) is 4.76. The van der Waals surface area contributed by atoms with Crippen molar-refractivity contribution in [3.8, 4) is 11.4 Å². The maximum atomic E-state index is 13.2. The highest BCUT2D eigenvalue weighted by Crippen LogP contribution is 2.37. The minimum absolute atomic E-state index is 0.0729. The van der Waals surface area contributed by atoms with E-state index in [2.05, 4.69) is 20.7 Å². The summed E-state index contributed by atoms with van der Waals surface area (Å²) in [6.07, 6.45) is 3.15. The molecule has 134 valence electrons. The summed E-state index contributed by atoms with van der Waals surface area (Å²) in [5.74, 6) is 0.412. The number of nitrogens with zero attached hydrogens (tertiary/aromatic N) is 6. The molecule has 26 heavy (non-hydrogen) atoms. The van der Waals surface area contributed by atoms with E-state index in [-0.39, 0.29) is 23.3 Å². The third kappa shape index (κ3) is 2.61. The Morgan fingerprint density at radius 3 is 2.88 bits per heavy atom. The van der Waals surface area contributed by atoms with Crippen molar-refractivity contribution in [2.75, 3.05) is 6.54 Å². The smallest absolute Gasteiger partial charge is 0.258 e. The molecule has 1 amide bonds. The Morgan fingerprint density at radius 2 is 2.19 bits per heavy atom. The highest BCUT2D eigenvalue weighted by atomic mass is 16.5. The molecule has 1 N–H and O–H groups in total. The summed E-state index contributed by atoms with van der Waals surface area (Å²) in [5, 5.41) is 25.3. The summed E-state index contributed by atoms with van der Waals surface area (Å²) >= 11 is 0. The minimum Gasteiger partial charge on any atom is -0.507 e. The molecule has 4 rings (SSSR count). The van der Waals surface area contributed by atoms with E-state index in [1.165, 1.54) is 17.1 Å². The maximum absolute atomic E-state index is 13.2. The lowest BCUT2D eigenvalue weighted by molar-refractivity contribution is 0.0731. The van der Waals surface area contributed by atoms with E-state index >= 15 is 0 Å². The summed E-state index contributed by atoms with van der Waals surface area (Å²) in [5.41, 5.74) is 2.56. The number of carbonyl (C=O) groups is 1. The van der Waals surface area contributed by atoms with Crippen molar-refractivity contribution in [1.82, 2.24) is 30.3 Å². The van der Waals surface area contributed by atoms with Crippen molar-refractivity contribution in [3.05, 3.63) is 47.1 Å². The number of hydrogen-bond donors (Lipinski definition) is 1. The predicted molar refractivity (Wildman–Crippen MR) is 89.8 cm³/mol. The largest absolute Gasteiger partial charge is 0.507 e. The van der Waals surface area contributed by atoms with Gasteiger partial charge in [-0.1, -0.05) is 5.16 Å². The van der Waals surface area contributed by atoms with Crippen molar-refractivity contribution < 1.29 is 14.4 Å². The lowest BCUT2D eigenvalue weighted by Crippen LogP contribution is -2.31. The number of phenols is 1. The van der Waals surface area contributed by atoms with Crippen LogP contribution in [-0.4, -0.2) is 47.8 Å². The van der Waals surface area contributed by atoms with Gasteiger partial charge in [0, 0.05) is 12.1 Å². The van der Waals surface area contributed by atoms with Gasteiger partial charge in [-0.05, 0) is 55.3 Å². The Hall–Kier alpha value is -3.23. The number of likely N-dealkylation sites (tertiary alicyclic amines) is 1. The molecule has 1 atom stereocenters. The standard InChI is InChI=1S/C17H18N6O3/c1-10-16(11(2)26-19-10)14-4-3-7-22(14)17(25)13-8-12(5-6-15(13)24)23-9-18-20-21-23/h5-6,8-9,14,24H,3-4,7H2,1-2H3. The van der Waals surface area contributed by atoms with Gasteiger partial charge in [0.15, 0.2) is 0 Å². The van der Waals surface area contributed by atoms with Gasteiger partial charge in [-0.25, -0.2) is 4.68 Å². The number of amides is 1. The fraction of sp³-hybridized carbons (Fsp3) is 0.353. The quantitative estimate of drug-likeness (QED) is 0.765. The molecule has 9 heteroatoms. The predicted octanol–water partition coefficient (Wildman–Crippen LogP) is 1.95. The van der Waals surface area contributed by atoms with E-state index < -0.39 is 0 Å². The first-order valence-electron chi connectivity index (χ1n) is 8.36. The fourth-order valence-electron chi connectivity index (χ4n) is 3.55. The second-order valence-electron chi connectivity index (χ2n) is 6.35. The molecule has 1 aromatic carbocycles. The maximum Gasteiger partial charge on any atom is 0.258 e. The van der Waals surface area contributed by atoms with E-state index in [0.717, 1.165) is 29.9 Å². The SMILES string of the molecule is Cc1noc(C)c1C1CCCN1C(=O)c1cc(-n2cnnn2)ccc1O. The van der Waals surface area contributed by atoms with E-state index in [1.807, 2.05) is 13.8 Å². The van der Waals surface area contributed by atoms with Gasteiger partial charge in [-0.3, -0.25) is 4.79 Å². The first kappa shape index (κ1) is 16.2. The number of rotatable bonds is 3. The van der Waals surface area contributed by atoms with Crippen LogP contribution in [0.3, 0.4) is 0 Å². The fourth-order valence-corrected chi connectivity index (χ4v) is 3.55. The Labute approximate surface area is 149 Å². The summed E-state index contributed by atoms with van der Waals surface area (Å²) in [6, 6.07) is 4.62. The molecule has 0 radical (unpaired) electrons. The van der Waals surface area contributed by atoms with E-state index in [0.29, 0.717) is 12.2 Å². The number of hydrogen-bond acceptors (Lipinski definition) is 7. The normalized spacial score (nSPS) is 17.0. The van der Waals surface area contributed by atoms with Crippen LogP contribution in [0.2, 0.25) is 0 Å². The Bertz CT molecular complexity index is 930. The van der Waals surface area contributed by atoms with Crippen molar-refractivity contribution >= 4 is 5.91 Å². The van der Waals surface area contributed by atoms with Gasteiger partial charge in [-0.2, -0.15) is 0 Å². The molecule has 0 bridgehead atoms. The zero-order valence-corrected chi connectivity index (χ0v) is 14.5. The van der Waals surface area contributed by atoms with Crippen LogP contribution in [0.25, 0.3) is 5.69 Å². The van der Waals surface area contributed by atoms with Crippen molar-refractivity contribution in [3.63, 3.8) is 0 Å². The molecule has 1 aliphatic rings. The molecule has 1 saturated heterocycles. The molecule has 3 heterocycles. The Balaban J connectivity index is 1.70. The Morgan fingerprint density at radius 1 is 1.35 bits per heavy atom. The summed E-state index contributed by atoms with van der Waals surface area (Å²) in [6.45, 7) is 4.34. The average molecular weight is 354 g/mol. The molecular weight excluding hydrogens is 336 g/mol. The minimum atomic E-state index is -0.236. The van der Waals surface area contributed by atoms with Crippen LogP contribution >= 0.6 is 0 Å². The molecule has 9 nitrogen and oxygen atoms in total. The van der Waals surface area contributed by atoms with Crippen LogP contribution in [-0.2, 0) is 0 Å². The molecule has 0 saturated carbocycles. The van der Waals surface area contributed by atoms with Crippen molar-refractivity contribution in [2.24, 2.45) is 0 Å². The summed E-state index contributed by atoms with van der Waals surface area (Å²) in [7, 11) is 0. The highest BCUT2D eigenvalue weighted by Gasteiger charge is 2.35. The van der Waals surface area contributed by atoms with Crippen LogP contribution in [0.5, 0.6) is 5.75 Å². The van der Waals surface area contributed by atoms with Gasteiger partial charge in [-0.15, -0.1) is 5.10 Å². The van der Waals surface area contributed by atoms with Gasteiger partial charge in [0.2, 0.25) is 0 Å². The monoisotopic (exact) mass is 354 g/mol.